The fourth-order valence-corrected chi connectivity index (χ4v) is 1.36. The Kier molecular flexibility index (Phi) is 3.37. The van der Waals surface area contributed by atoms with Crippen LogP contribution in [0.15, 0.2) is 18.2 Å². The maximum absolute atomic E-state index is 13.3. The average molecular weight is 275 g/mol. The highest BCUT2D eigenvalue weighted by atomic mass is 19.2. The summed E-state index contributed by atoms with van der Waals surface area (Å²) in [6, 6.07) is 3.19. The molecule has 0 radical (unpaired) electrons. The summed E-state index contributed by atoms with van der Waals surface area (Å²) < 4.78 is 69.9. The Morgan fingerprint density at radius 3 is 2.05 bits per heavy atom. The van der Waals surface area contributed by atoms with Gasteiger partial charge >= 0.3 is 0 Å². The number of pyridine rings is 1. The van der Waals surface area contributed by atoms with E-state index in [2.05, 4.69) is 4.98 Å². The molecule has 100 valence electrons. The molecule has 0 saturated heterocycles. The van der Waals surface area contributed by atoms with Crippen LogP contribution in [0.25, 0.3) is 0 Å². The summed E-state index contributed by atoms with van der Waals surface area (Å²) >= 11 is 0. The van der Waals surface area contributed by atoms with Crippen LogP contribution in [0.1, 0.15) is 5.56 Å². The molecule has 7 heteroatoms. The quantitative estimate of drug-likeness (QED) is 0.613. The van der Waals surface area contributed by atoms with Crippen molar-refractivity contribution in [3.63, 3.8) is 0 Å². The van der Waals surface area contributed by atoms with Crippen LogP contribution in [-0.2, 0) is 0 Å². The van der Waals surface area contributed by atoms with Crippen molar-refractivity contribution in [2.75, 3.05) is 0 Å². The molecule has 0 aliphatic heterocycles. The Morgan fingerprint density at radius 2 is 1.53 bits per heavy atom. The van der Waals surface area contributed by atoms with Crippen molar-refractivity contribution in [1.82, 2.24) is 4.98 Å². The molecule has 1 aromatic carbocycles. The molecule has 0 bridgehead atoms. The van der Waals surface area contributed by atoms with E-state index >= 15 is 0 Å². The first-order valence-corrected chi connectivity index (χ1v) is 5.04. The summed E-state index contributed by atoms with van der Waals surface area (Å²) in [7, 11) is 0. The second kappa shape index (κ2) is 4.83. The van der Waals surface area contributed by atoms with Gasteiger partial charge < -0.3 is 4.74 Å². The summed E-state index contributed by atoms with van der Waals surface area (Å²) in [6.07, 6.45) is 0. The molecule has 0 N–H and O–H groups in total. The number of aryl methyl sites for hydroxylation is 1. The number of hydrogen-bond acceptors (Lipinski definition) is 2. The fourth-order valence-electron chi connectivity index (χ4n) is 1.36. The molecule has 2 rings (SSSR count). The van der Waals surface area contributed by atoms with Crippen LogP contribution in [0.3, 0.4) is 0 Å². The molecule has 1 heterocycles. The van der Waals surface area contributed by atoms with E-state index in [1.54, 1.807) is 0 Å². The van der Waals surface area contributed by atoms with Gasteiger partial charge in [-0.2, -0.15) is 22.5 Å². The third kappa shape index (κ3) is 2.49. The number of benzene rings is 1. The minimum absolute atomic E-state index is 0.147. The van der Waals surface area contributed by atoms with Gasteiger partial charge in [0.15, 0.2) is 0 Å². The zero-order chi connectivity index (χ0) is 14.2. The second-order valence-corrected chi connectivity index (χ2v) is 3.66. The molecule has 0 atom stereocenters. The molecule has 0 aliphatic carbocycles. The Bertz CT molecular complexity index is 618. The van der Waals surface area contributed by atoms with Crippen LogP contribution >= 0.6 is 0 Å². The molecule has 0 aliphatic rings. The van der Waals surface area contributed by atoms with Crippen molar-refractivity contribution in [2.45, 2.75) is 6.92 Å². The van der Waals surface area contributed by atoms with E-state index in [9.17, 15) is 22.0 Å². The number of nitrogens with zero attached hydrogens (tertiary/aromatic N) is 1. The third-order valence-corrected chi connectivity index (χ3v) is 2.31. The molecular weight excluding hydrogens is 269 g/mol. The summed E-state index contributed by atoms with van der Waals surface area (Å²) in [5.74, 6) is -9.17. The summed E-state index contributed by atoms with van der Waals surface area (Å²) in [5, 5.41) is 0. The molecule has 0 spiro atoms. The third-order valence-electron chi connectivity index (χ3n) is 2.31. The zero-order valence-electron chi connectivity index (χ0n) is 9.48. The van der Waals surface area contributed by atoms with Gasteiger partial charge in [0.25, 0.3) is 11.9 Å². The minimum atomic E-state index is -1.83. The molecule has 0 saturated carbocycles. The van der Waals surface area contributed by atoms with Crippen molar-refractivity contribution >= 4 is 0 Å². The van der Waals surface area contributed by atoms with Gasteiger partial charge in [-0.05, 0) is 30.7 Å². The normalized spacial score (nSPS) is 10.6. The Labute approximate surface area is 104 Å². The van der Waals surface area contributed by atoms with E-state index in [4.69, 9.17) is 4.74 Å². The molecule has 0 unspecified atom stereocenters. The molecule has 19 heavy (non-hydrogen) atoms. The van der Waals surface area contributed by atoms with Gasteiger partial charge in [0, 0.05) is 0 Å². The average Bonchev–Trinajstić information content (AvgIpc) is 2.36. The maximum Gasteiger partial charge on any atom is 0.255 e. The van der Waals surface area contributed by atoms with Crippen molar-refractivity contribution in [3.8, 4) is 11.5 Å². The van der Waals surface area contributed by atoms with Crippen molar-refractivity contribution in [1.29, 1.82) is 0 Å². The molecule has 0 fully saturated rings. The smallest absolute Gasteiger partial charge is 0.255 e. The maximum atomic E-state index is 13.3. The number of rotatable bonds is 2. The van der Waals surface area contributed by atoms with E-state index in [-0.39, 0.29) is 11.3 Å². The lowest BCUT2D eigenvalue weighted by molar-refractivity contribution is 0.343. The Balaban J connectivity index is 2.46. The van der Waals surface area contributed by atoms with Crippen LogP contribution < -0.4 is 4.74 Å². The minimum Gasteiger partial charge on any atom is -0.451 e. The second-order valence-electron chi connectivity index (χ2n) is 3.66. The van der Waals surface area contributed by atoms with E-state index < -0.39 is 35.1 Å². The topological polar surface area (TPSA) is 22.1 Å². The van der Waals surface area contributed by atoms with Crippen molar-refractivity contribution < 1.29 is 26.7 Å². The molecule has 2 nitrogen and oxygen atoms in total. The van der Waals surface area contributed by atoms with E-state index in [0.717, 1.165) is 18.2 Å². The molecule has 1 aromatic heterocycles. The van der Waals surface area contributed by atoms with Gasteiger partial charge in [0.2, 0.25) is 17.4 Å². The van der Waals surface area contributed by atoms with Crippen molar-refractivity contribution in [2.24, 2.45) is 0 Å². The van der Waals surface area contributed by atoms with Gasteiger partial charge in [-0.3, -0.25) is 0 Å². The fraction of sp³-hybridized carbons (Fsp3) is 0.0833. The molecule has 0 amide bonds. The summed E-state index contributed by atoms with van der Waals surface area (Å²) in [6.45, 7) is 1.39. The number of aromatic nitrogens is 1. The van der Waals surface area contributed by atoms with Gasteiger partial charge in [-0.25, -0.2) is 4.39 Å². The largest absolute Gasteiger partial charge is 0.451 e. The van der Waals surface area contributed by atoms with Gasteiger partial charge in [-0.1, -0.05) is 0 Å². The SMILES string of the molecule is Cc1cc(Oc2c(F)c(F)nc(F)c2F)ccc1F. The highest BCUT2D eigenvalue weighted by Gasteiger charge is 2.22. The lowest BCUT2D eigenvalue weighted by Crippen LogP contribution is -2.03. The first-order valence-electron chi connectivity index (χ1n) is 5.04. The Morgan fingerprint density at radius 1 is 0.947 bits per heavy atom. The van der Waals surface area contributed by atoms with Crippen LogP contribution in [0.2, 0.25) is 0 Å². The number of hydrogen-bond donors (Lipinski definition) is 0. The summed E-state index contributed by atoms with van der Waals surface area (Å²) in [5.41, 5.74) is 0.147. The first kappa shape index (κ1) is 13.3. The van der Waals surface area contributed by atoms with E-state index in [0.29, 0.717) is 0 Å². The monoisotopic (exact) mass is 275 g/mol. The predicted molar refractivity (Wildman–Crippen MR) is 55.3 cm³/mol. The lowest BCUT2D eigenvalue weighted by Gasteiger charge is -2.09. The summed E-state index contributed by atoms with van der Waals surface area (Å²) in [4.78, 5) is 2.38. The van der Waals surface area contributed by atoms with Crippen LogP contribution in [-0.4, -0.2) is 4.98 Å². The molecule has 2 aromatic rings. The highest BCUT2D eigenvalue weighted by Crippen LogP contribution is 2.30. The lowest BCUT2D eigenvalue weighted by atomic mass is 10.2. The first-order chi connectivity index (χ1) is 8.90. The van der Waals surface area contributed by atoms with Gasteiger partial charge in [-0.15, -0.1) is 0 Å². The van der Waals surface area contributed by atoms with Crippen LogP contribution in [0.5, 0.6) is 11.5 Å². The van der Waals surface area contributed by atoms with Crippen LogP contribution in [0, 0.1) is 36.3 Å². The molecular formula is C12H6F5NO. The van der Waals surface area contributed by atoms with E-state index in [1.165, 1.54) is 6.92 Å². The highest BCUT2D eigenvalue weighted by molar-refractivity contribution is 5.35. The number of halogens is 5. The predicted octanol–water partition coefficient (Wildman–Crippen LogP) is 3.88. The zero-order valence-corrected chi connectivity index (χ0v) is 9.48. The Hall–Kier alpha value is -2.18. The number of ether oxygens (including phenoxy) is 1. The van der Waals surface area contributed by atoms with Gasteiger partial charge in [0.05, 0.1) is 0 Å². The van der Waals surface area contributed by atoms with Crippen LogP contribution in [0.4, 0.5) is 22.0 Å². The van der Waals surface area contributed by atoms with E-state index in [1.807, 2.05) is 0 Å². The standard InChI is InChI=1S/C12H6F5NO/c1-5-4-6(2-3-7(5)13)19-10-8(14)11(16)18-12(17)9(10)15/h2-4H,1H3. The van der Waals surface area contributed by atoms with Crippen molar-refractivity contribution in [3.05, 3.63) is 53.1 Å². The van der Waals surface area contributed by atoms with Gasteiger partial charge in [0.1, 0.15) is 11.6 Å².